The van der Waals surface area contributed by atoms with E-state index in [1.54, 1.807) is 10.9 Å². The third-order valence-electron chi connectivity index (χ3n) is 2.63. The summed E-state index contributed by atoms with van der Waals surface area (Å²) in [5.74, 6) is 0. The second kappa shape index (κ2) is 4.13. The predicted octanol–water partition coefficient (Wildman–Crippen LogP) is 2.38. The monoisotopic (exact) mass is 229 g/mol. The minimum Gasteiger partial charge on any atom is -0.296 e. The molecule has 4 heteroatoms. The Morgan fingerprint density at radius 2 is 1.82 bits per heavy atom. The Labute approximate surface area is 100 Å². The van der Waals surface area contributed by atoms with Gasteiger partial charge in [-0.05, 0) is 23.1 Å². The summed E-state index contributed by atoms with van der Waals surface area (Å²) in [6.07, 6.45) is 2.30. The molecule has 2 aromatic rings. The van der Waals surface area contributed by atoms with Crippen LogP contribution in [0.4, 0.5) is 0 Å². The number of aldehydes is 1. The van der Waals surface area contributed by atoms with Gasteiger partial charge in [0, 0.05) is 0 Å². The van der Waals surface area contributed by atoms with Crippen LogP contribution in [-0.2, 0) is 5.41 Å². The van der Waals surface area contributed by atoms with Gasteiger partial charge in [0.05, 0.1) is 11.9 Å². The average molecular weight is 229 g/mol. The molecular formula is C13H15N3O. The summed E-state index contributed by atoms with van der Waals surface area (Å²) in [4.78, 5) is 10.5. The van der Waals surface area contributed by atoms with Gasteiger partial charge in [0.25, 0.3) is 0 Å². The molecule has 0 bridgehead atoms. The van der Waals surface area contributed by atoms with E-state index < -0.39 is 0 Å². The standard InChI is InChI=1S/C13H15N3O/c1-13(2,3)10-4-6-12(7-5-10)16-8-11(9-17)14-15-16/h4-9H,1-3H3. The summed E-state index contributed by atoms with van der Waals surface area (Å²) in [5.41, 5.74) is 2.63. The molecule has 1 aromatic heterocycles. The second-order valence-electron chi connectivity index (χ2n) is 5.00. The zero-order valence-electron chi connectivity index (χ0n) is 10.2. The third-order valence-corrected chi connectivity index (χ3v) is 2.63. The molecule has 88 valence electrons. The Kier molecular flexibility index (Phi) is 2.79. The number of carbonyl (C=O) groups excluding carboxylic acids is 1. The average Bonchev–Trinajstić information content (AvgIpc) is 2.76. The highest BCUT2D eigenvalue weighted by Gasteiger charge is 2.13. The SMILES string of the molecule is CC(C)(C)c1ccc(-n2cc(C=O)nn2)cc1. The Bertz CT molecular complexity index is 520. The summed E-state index contributed by atoms with van der Waals surface area (Å²) in [6.45, 7) is 6.51. The molecule has 17 heavy (non-hydrogen) atoms. The molecule has 1 aromatic carbocycles. The number of hydrogen-bond acceptors (Lipinski definition) is 3. The third kappa shape index (κ3) is 2.41. The highest BCUT2D eigenvalue weighted by atomic mass is 16.1. The lowest BCUT2D eigenvalue weighted by Crippen LogP contribution is -2.10. The Hall–Kier alpha value is -1.97. The molecule has 0 amide bonds. The van der Waals surface area contributed by atoms with Crippen molar-refractivity contribution >= 4 is 6.29 Å². The first-order valence-corrected chi connectivity index (χ1v) is 5.49. The van der Waals surface area contributed by atoms with Gasteiger partial charge < -0.3 is 0 Å². The molecule has 0 saturated heterocycles. The van der Waals surface area contributed by atoms with Crippen LogP contribution < -0.4 is 0 Å². The second-order valence-corrected chi connectivity index (χ2v) is 5.00. The van der Waals surface area contributed by atoms with Crippen molar-refractivity contribution in [2.75, 3.05) is 0 Å². The van der Waals surface area contributed by atoms with Crippen LogP contribution in [0.3, 0.4) is 0 Å². The Morgan fingerprint density at radius 3 is 2.29 bits per heavy atom. The van der Waals surface area contributed by atoms with Gasteiger partial charge in [0.1, 0.15) is 5.69 Å². The molecule has 0 aliphatic carbocycles. The van der Waals surface area contributed by atoms with Gasteiger partial charge in [-0.3, -0.25) is 4.79 Å². The van der Waals surface area contributed by atoms with E-state index in [4.69, 9.17) is 0 Å². The van der Waals surface area contributed by atoms with Crippen molar-refractivity contribution in [2.45, 2.75) is 26.2 Å². The number of nitrogens with zero attached hydrogens (tertiary/aromatic N) is 3. The maximum absolute atomic E-state index is 10.5. The molecule has 0 atom stereocenters. The highest BCUT2D eigenvalue weighted by Crippen LogP contribution is 2.22. The van der Waals surface area contributed by atoms with Crippen LogP contribution in [0, 0.1) is 0 Å². The molecule has 2 rings (SSSR count). The zero-order chi connectivity index (χ0) is 12.5. The fourth-order valence-corrected chi connectivity index (χ4v) is 1.57. The van der Waals surface area contributed by atoms with Crippen molar-refractivity contribution in [3.63, 3.8) is 0 Å². The van der Waals surface area contributed by atoms with Gasteiger partial charge in [-0.2, -0.15) is 0 Å². The van der Waals surface area contributed by atoms with Crippen molar-refractivity contribution in [3.05, 3.63) is 41.7 Å². The molecule has 1 heterocycles. The molecule has 0 unspecified atom stereocenters. The molecule has 4 nitrogen and oxygen atoms in total. The van der Waals surface area contributed by atoms with Crippen molar-refractivity contribution < 1.29 is 4.79 Å². The van der Waals surface area contributed by atoms with E-state index in [1.165, 1.54) is 5.56 Å². The number of benzene rings is 1. The van der Waals surface area contributed by atoms with Crippen molar-refractivity contribution in [2.24, 2.45) is 0 Å². The van der Waals surface area contributed by atoms with Gasteiger partial charge in [-0.25, -0.2) is 4.68 Å². The largest absolute Gasteiger partial charge is 0.296 e. The maximum Gasteiger partial charge on any atom is 0.171 e. The quantitative estimate of drug-likeness (QED) is 0.743. The number of rotatable bonds is 2. The van der Waals surface area contributed by atoms with E-state index >= 15 is 0 Å². The fourth-order valence-electron chi connectivity index (χ4n) is 1.57. The van der Waals surface area contributed by atoms with Crippen LogP contribution in [0.5, 0.6) is 0 Å². The summed E-state index contributed by atoms with van der Waals surface area (Å²) < 4.78 is 1.59. The molecular weight excluding hydrogens is 214 g/mol. The highest BCUT2D eigenvalue weighted by molar-refractivity contribution is 5.70. The van der Waals surface area contributed by atoms with Crippen LogP contribution in [-0.4, -0.2) is 21.3 Å². The summed E-state index contributed by atoms with van der Waals surface area (Å²) in [6, 6.07) is 8.09. The minimum absolute atomic E-state index is 0.134. The van der Waals surface area contributed by atoms with Crippen LogP contribution in [0.2, 0.25) is 0 Å². The molecule has 0 fully saturated rings. The van der Waals surface area contributed by atoms with Gasteiger partial charge in [-0.1, -0.05) is 38.1 Å². The molecule has 0 radical (unpaired) electrons. The maximum atomic E-state index is 10.5. The number of aromatic nitrogens is 3. The lowest BCUT2D eigenvalue weighted by atomic mass is 9.87. The lowest BCUT2D eigenvalue weighted by molar-refractivity contribution is 0.111. The van der Waals surface area contributed by atoms with Gasteiger partial charge in [0.2, 0.25) is 0 Å². The van der Waals surface area contributed by atoms with E-state index in [9.17, 15) is 4.79 Å². The van der Waals surface area contributed by atoms with E-state index in [1.807, 2.05) is 12.1 Å². The Balaban J connectivity index is 2.32. The van der Waals surface area contributed by atoms with E-state index in [2.05, 4.69) is 43.2 Å². The fraction of sp³-hybridized carbons (Fsp3) is 0.308. The van der Waals surface area contributed by atoms with E-state index in [-0.39, 0.29) is 5.41 Å². The first-order valence-electron chi connectivity index (χ1n) is 5.49. The Morgan fingerprint density at radius 1 is 1.18 bits per heavy atom. The van der Waals surface area contributed by atoms with Gasteiger partial charge >= 0.3 is 0 Å². The number of carbonyl (C=O) groups is 1. The summed E-state index contributed by atoms with van der Waals surface area (Å²) in [5, 5.41) is 7.61. The van der Waals surface area contributed by atoms with Gasteiger partial charge in [-0.15, -0.1) is 5.10 Å². The predicted molar refractivity (Wildman–Crippen MR) is 65.4 cm³/mol. The normalized spacial score (nSPS) is 11.5. The first kappa shape index (κ1) is 11.5. The molecule has 0 aliphatic heterocycles. The molecule has 0 N–H and O–H groups in total. The van der Waals surface area contributed by atoms with Crippen molar-refractivity contribution in [1.82, 2.24) is 15.0 Å². The van der Waals surface area contributed by atoms with Crippen molar-refractivity contribution in [1.29, 1.82) is 0 Å². The van der Waals surface area contributed by atoms with Gasteiger partial charge in [0.15, 0.2) is 6.29 Å². The topological polar surface area (TPSA) is 47.8 Å². The van der Waals surface area contributed by atoms with E-state index in [0.29, 0.717) is 12.0 Å². The van der Waals surface area contributed by atoms with Crippen LogP contribution in [0.15, 0.2) is 30.5 Å². The minimum atomic E-state index is 0.134. The zero-order valence-corrected chi connectivity index (χ0v) is 10.2. The van der Waals surface area contributed by atoms with Crippen LogP contribution in [0.1, 0.15) is 36.8 Å². The summed E-state index contributed by atoms with van der Waals surface area (Å²) >= 11 is 0. The molecule has 0 spiro atoms. The summed E-state index contributed by atoms with van der Waals surface area (Å²) in [7, 11) is 0. The van der Waals surface area contributed by atoms with Crippen LogP contribution in [0.25, 0.3) is 5.69 Å². The van der Waals surface area contributed by atoms with E-state index in [0.717, 1.165) is 5.69 Å². The molecule has 0 aliphatic rings. The smallest absolute Gasteiger partial charge is 0.171 e. The molecule has 0 saturated carbocycles. The van der Waals surface area contributed by atoms with Crippen molar-refractivity contribution in [3.8, 4) is 5.69 Å². The number of hydrogen-bond donors (Lipinski definition) is 0. The lowest BCUT2D eigenvalue weighted by Gasteiger charge is -2.18. The van der Waals surface area contributed by atoms with Crippen LogP contribution >= 0.6 is 0 Å². The first-order chi connectivity index (χ1) is 8.00.